The number of carbonyl (C=O) groups is 1. The van der Waals surface area contributed by atoms with Gasteiger partial charge in [-0.3, -0.25) is 0 Å². The molecule has 0 saturated heterocycles. The fourth-order valence-electron chi connectivity index (χ4n) is 0.459. The summed E-state index contributed by atoms with van der Waals surface area (Å²) >= 11 is 0. The van der Waals surface area contributed by atoms with E-state index in [4.69, 9.17) is 24.5 Å². The summed E-state index contributed by atoms with van der Waals surface area (Å²) in [6.07, 6.45) is -9.37. The Morgan fingerprint density at radius 1 is 1.55 bits per heavy atom. The summed E-state index contributed by atoms with van der Waals surface area (Å²) in [5.41, 5.74) is 0. The predicted octanol–water partition coefficient (Wildman–Crippen LogP) is -2.35. The van der Waals surface area contributed by atoms with Crippen molar-refractivity contribution in [2.45, 2.75) is 24.7 Å². The number of aliphatic hydroxyl groups excluding tert-OH is 4. The maximum Gasteiger partial charge on any atom is 0.122 e. The third-order valence-corrected chi connectivity index (χ3v) is 1.09. The quantitative estimate of drug-likeness (QED) is 0.345. The molecule has 0 saturated carbocycles. The van der Waals surface area contributed by atoms with Crippen molar-refractivity contribution in [1.29, 1.82) is 0 Å². The summed E-state index contributed by atoms with van der Waals surface area (Å²) in [7, 11) is 0. The molecule has 5 atom stereocenters. The summed E-state index contributed by atoms with van der Waals surface area (Å²) in [6.45, 7) is -2.05. The van der Waals surface area contributed by atoms with Crippen LogP contribution in [0.15, 0.2) is 0 Å². The molecule has 1 unspecified atom stereocenters. The Bertz CT molecular complexity index is 200. The summed E-state index contributed by atoms with van der Waals surface area (Å²) < 4.78 is 20.0. The van der Waals surface area contributed by atoms with Crippen molar-refractivity contribution < 1.29 is 29.3 Å². The molecule has 0 aliphatic carbocycles. The van der Waals surface area contributed by atoms with Gasteiger partial charge in [0.05, 0.1) is 14.1 Å². The zero-order valence-corrected chi connectivity index (χ0v) is 5.58. The Labute approximate surface area is 68.1 Å². The van der Waals surface area contributed by atoms with E-state index < -0.39 is 37.6 Å². The molecule has 11 heavy (non-hydrogen) atoms. The molecule has 5 heteroatoms. The van der Waals surface area contributed by atoms with Crippen LogP contribution in [-0.2, 0) is 4.79 Å². The molecule has 0 aliphatic heterocycles. The lowest BCUT2D eigenvalue weighted by Gasteiger charge is -2.19. The lowest BCUT2D eigenvalue weighted by atomic mass is 10.1. The zero-order chi connectivity index (χ0) is 11.5. The molecule has 0 aromatic rings. The average molecular weight is 169 g/mol. The molecule has 0 aliphatic rings. The van der Waals surface area contributed by atoms with E-state index >= 15 is 0 Å². The molecular formula is C6H12O5. The first-order valence-corrected chi connectivity index (χ1v) is 2.86. The monoisotopic (exact) mass is 169 g/mol. The van der Waals surface area contributed by atoms with Gasteiger partial charge in [-0.1, -0.05) is 0 Å². The van der Waals surface area contributed by atoms with Crippen LogP contribution < -0.4 is 0 Å². The van der Waals surface area contributed by atoms with Crippen LogP contribution >= 0.6 is 0 Å². The summed E-state index contributed by atoms with van der Waals surface area (Å²) in [5, 5.41) is 35.5. The lowest BCUT2D eigenvalue weighted by Crippen LogP contribution is -2.39. The zero-order valence-electron chi connectivity index (χ0n) is 8.58. The number of carbonyl (C=O) groups excluding carboxylic acids is 1. The molecule has 0 radical (unpaired) electrons. The average Bonchev–Trinajstić information content (AvgIpc) is 2.12. The van der Waals surface area contributed by atoms with Crippen LogP contribution in [0.1, 0.15) is 10.5 Å². The normalized spacial score (nSPS) is 28.5. The van der Waals surface area contributed by atoms with Crippen LogP contribution in [-0.4, -0.2) is 51.6 Å². The Morgan fingerprint density at radius 2 is 2.09 bits per heavy atom. The van der Waals surface area contributed by atoms with Gasteiger partial charge in [-0.25, -0.2) is 0 Å². The predicted molar refractivity (Wildman–Crippen MR) is 35.8 cm³/mol. The summed E-state index contributed by atoms with van der Waals surface area (Å²) in [4.78, 5) is 10.3. The van der Waals surface area contributed by atoms with Crippen molar-refractivity contribution in [3.63, 3.8) is 0 Å². The number of aldehydes is 1. The fraction of sp³-hybridized carbons (Fsp3) is 0.833. The smallest absolute Gasteiger partial charge is 0.122 e. The Morgan fingerprint density at radius 3 is 2.45 bits per heavy atom. The minimum Gasteiger partial charge on any atom is -0.394 e. The number of aliphatic hydroxyl groups is 4. The van der Waals surface area contributed by atoms with E-state index in [0.29, 0.717) is 0 Å². The van der Waals surface area contributed by atoms with Gasteiger partial charge in [0.15, 0.2) is 0 Å². The number of hydrogen-bond acceptors (Lipinski definition) is 5. The molecule has 0 spiro atoms. The second-order valence-corrected chi connectivity index (χ2v) is 1.91. The van der Waals surface area contributed by atoms with Gasteiger partial charge < -0.3 is 25.2 Å². The molecule has 0 bridgehead atoms. The van der Waals surface area contributed by atoms with Crippen molar-refractivity contribution >= 4 is 6.26 Å². The van der Waals surface area contributed by atoms with Gasteiger partial charge in [0.25, 0.3) is 0 Å². The second-order valence-electron chi connectivity index (χ2n) is 1.91. The van der Waals surface area contributed by atoms with Crippen molar-refractivity contribution in [2.75, 3.05) is 6.58 Å². The molecule has 0 aromatic heterocycles. The third-order valence-electron chi connectivity index (χ3n) is 1.09. The molecule has 0 fully saturated rings. The van der Waals surface area contributed by atoms with E-state index in [1.54, 1.807) is 0 Å². The topological polar surface area (TPSA) is 98.0 Å². The van der Waals surface area contributed by atoms with Crippen molar-refractivity contribution in [3.8, 4) is 0 Å². The van der Waals surface area contributed by atoms with E-state index in [1.165, 1.54) is 0 Å². The highest BCUT2D eigenvalue weighted by atomic mass is 16.4. The Hall–Kier alpha value is -0.490. The first-order valence-electron chi connectivity index (χ1n) is 4.51. The maximum atomic E-state index is 10.3. The standard InChI is InChI=1S/C6H12O5/c7-2-1-4(9)6(11)5(10)3-8/h2,4-6,8-11H,1,3H2/t4-,5-,6+/m1/s1/i1T,2D,3T/t1-,3?,4-,5-,6+. The van der Waals surface area contributed by atoms with Crippen LogP contribution in [0.3, 0.4) is 0 Å². The number of hydrogen-bond donors (Lipinski definition) is 4. The molecule has 0 heterocycles. The van der Waals surface area contributed by atoms with Crippen LogP contribution in [0, 0.1) is 0 Å². The van der Waals surface area contributed by atoms with Crippen molar-refractivity contribution in [1.82, 2.24) is 0 Å². The highest BCUT2D eigenvalue weighted by Gasteiger charge is 2.23. The van der Waals surface area contributed by atoms with E-state index in [-0.39, 0.29) is 0 Å². The molecule has 0 aromatic carbocycles. The SMILES string of the molecule is [2H]C(=O)[C@@H]([3H])[C@@H](O)[C@H](O)[C@H](O)C([3H])O. The highest BCUT2D eigenvalue weighted by Crippen LogP contribution is 2.01. The first kappa shape index (κ1) is 6.07. The first-order chi connectivity index (χ1) is 6.29. The van der Waals surface area contributed by atoms with Gasteiger partial charge in [0.1, 0.15) is 19.8 Å². The minimum absolute atomic E-state index is 1.43. The van der Waals surface area contributed by atoms with Crippen LogP contribution in [0.5, 0.6) is 0 Å². The van der Waals surface area contributed by atoms with Gasteiger partial charge in [0, 0.05) is 7.77 Å². The van der Waals surface area contributed by atoms with Crippen molar-refractivity contribution in [3.05, 3.63) is 0 Å². The van der Waals surface area contributed by atoms with Gasteiger partial charge >= 0.3 is 0 Å². The van der Waals surface area contributed by atoms with Gasteiger partial charge in [0.2, 0.25) is 0 Å². The molecule has 66 valence electrons. The van der Waals surface area contributed by atoms with E-state index in [1.807, 2.05) is 0 Å². The van der Waals surface area contributed by atoms with Gasteiger partial charge in [-0.2, -0.15) is 0 Å². The Kier molecular flexibility index (Phi) is 2.87. The maximum absolute atomic E-state index is 10.3. The van der Waals surface area contributed by atoms with Crippen LogP contribution in [0.25, 0.3) is 0 Å². The van der Waals surface area contributed by atoms with Crippen LogP contribution in [0.4, 0.5) is 0 Å². The Balaban J connectivity index is 4.37. The van der Waals surface area contributed by atoms with E-state index in [2.05, 4.69) is 0 Å². The van der Waals surface area contributed by atoms with E-state index in [9.17, 15) is 4.79 Å². The second kappa shape index (κ2) is 5.20. The third kappa shape index (κ3) is 3.43. The van der Waals surface area contributed by atoms with Gasteiger partial charge in [-0.15, -0.1) is 0 Å². The minimum atomic E-state index is -2.05. The summed E-state index contributed by atoms with van der Waals surface area (Å²) in [6, 6.07) is 0. The van der Waals surface area contributed by atoms with Gasteiger partial charge in [-0.05, 0) is 0 Å². The van der Waals surface area contributed by atoms with E-state index in [0.717, 1.165) is 0 Å². The molecular weight excluding hydrogens is 152 g/mol. The summed E-state index contributed by atoms with van der Waals surface area (Å²) in [5.74, 6) is 0. The number of rotatable bonds is 5. The van der Waals surface area contributed by atoms with Crippen molar-refractivity contribution in [2.24, 2.45) is 0 Å². The molecule has 0 amide bonds. The molecule has 5 nitrogen and oxygen atoms in total. The molecule has 4 N–H and O–H groups in total. The van der Waals surface area contributed by atoms with Crippen LogP contribution in [0.2, 0.25) is 0 Å². The molecule has 0 rings (SSSR count). The fourth-order valence-corrected chi connectivity index (χ4v) is 0.459. The highest BCUT2D eigenvalue weighted by molar-refractivity contribution is 5.50. The lowest BCUT2D eigenvalue weighted by molar-refractivity contribution is -0.115. The largest absolute Gasteiger partial charge is 0.394 e.